The van der Waals surface area contributed by atoms with E-state index < -0.39 is 23.0 Å². The van der Waals surface area contributed by atoms with Crippen LogP contribution in [-0.2, 0) is 4.79 Å². The number of ketones is 1. The Kier molecular flexibility index (Phi) is 3.85. The summed E-state index contributed by atoms with van der Waals surface area (Å²) in [5.41, 5.74) is -1.07. The van der Waals surface area contributed by atoms with Crippen LogP contribution < -0.4 is 0 Å². The van der Waals surface area contributed by atoms with Gasteiger partial charge in [-0.1, -0.05) is 33.8 Å². The van der Waals surface area contributed by atoms with Crippen LogP contribution in [0.1, 0.15) is 59.8 Å². The predicted molar refractivity (Wildman–Crippen MR) is 90.8 cm³/mol. The lowest BCUT2D eigenvalue weighted by Gasteiger charge is -2.61. The standard InChI is InChI=1S/C20H32O3/c1-6-18(4)11-15(22)19(5)12(2)7-9-20(13(3)17(18)23)10-8-14(21)16(19)20/h6,12-13,15-17,22-23H,1,7-11H2,2-5H3/t12-,13+,15-,16?,17+,18+,19+,20+/m1/s1. The second-order valence-electron chi connectivity index (χ2n) is 9.10. The van der Waals surface area contributed by atoms with E-state index in [0.717, 1.165) is 19.3 Å². The van der Waals surface area contributed by atoms with Gasteiger partial charge in [0.1, 0.15) is 5.78 Å². The van der Waals surface area contributed by atoms with Crippen LogP contribution in [0.4, 0.5) is 0 Å². The van der Waals surface area contributed by atoms with Crippen LogP contribution in [-0.4, -0.2) is 28.2 Å². The van der Waals surface area contributed by atoms with Crippen LogP contribution in [0, 0.1) is 34.0 Å². The highest BCUT2D eigenvalue weighted by atomic mass is 16.3. The van der Waals surface area contributed by atoms with Gasteiger partial charge in [-0.05, 0) is 42.9 Å². The number of hydrogen-bond acceptors (Lipinski definition) is 3. The summed E-state index contributed by atoms with van der Waals surface area (Å²) in [5.74, 6) is 0.544. The molecule has 0 aromatic heterocycles. The van der Waals surface area contributed by atoms with Gasteiger partial charge in [-0.25, -0.2) is 0 Å². The molecule has 130 valence electrons. The van der Waals surface area contributed by atoms with E-state index in [2.05, 4.69) is 27.4 Å². The molecular weight excluding hydrogens is 288 g/mol. The first-order valence-electron chi connectivity index (χ1n) is 9.16. The molecule has 3 rings (SSSR count). The zero-order chi connectivity index (χ0) is 17.2. The normalized spacial score (nSPS) is 56.6. The highest BCUT2D eigenvalue weighted by molar-refractivity contribution is 5.85. The van der Waals surface area contributed by atoms with E-state index in [1.807, 2.05) is 13.0 Å². The Labute approximate surface area is 140 Å². The predicted octanol–water partition coefficient (Wildman–Crippen LogP) is 3.34. The fourth-order valence-electron chi connectivity index (χ4n) is 6.37. The third-order valence-electron chi connectivity index (χ3n) is 8.33. The fraction of sp³-hybridized carbons (Fsp3) is 0.850. The molecule has 3 heteroatoms. The number of aliphatic hydroxyl groups excluding tert-OH is 2. The Bertz CT molecular complexity index is 529. The molecule has 0 amide bonds. The lowest BCUT2D eigenvalue weighted by molar-refractivity contribution is -0.191. The van der Waals surface area contributed by atoms with E-state index in [0.29, 0.717) is 24.5 Å². The second kappa shape index (κ2) is 5.16. The SMILES string of the molecule is C=C[C@@]1(C)C[C@@H](O)[C@@]2(C)C3C(=O)CC[C@@]3(CC[C@H]2C)[C@@H](C)[C@@H]1O. The van der Waals surface area contributed by atoms with E-state index >= 15 is 0 Å². The molecule has 3 saturated carbocycles. The van der Waals surface area contributed by atoms with Gasteiger partial charge in [-0.2, -0.15) is 0 Å². The minimum Gasteiger partial charge on any atom is -0.392 e. The van der Waals surface area contributed by atoms with Gasteiger partial charge in [0, 0.05) is 23.2 Å². The molecule has 3 nitrogen and oxygen atoms in total. The Morgan fingerprint density at radius 3 is 2.48 bits per heavy atom. The maximum Gasteiger partial charge on any atom is 0.137 e. The van der Waals surface area contributed by atoms with Crippen LogP contribution in [0.2, 0.25) is 0 Å². The molecule has 0 heterocycles. The van der Waals surface area contributed by atoms with Crippen molar-refractivity contribution in [1.29, 1.82) is 0 Å². The molecule has 0 aromatic carbocycles. The summed E-state index contributed by atoms with van der Waals surface area (Å²) in [6.45, 7) is 12.4. The van der Waals surface area contributed by atoms with Gasteiger partial charge in [-0.15, -0.1) is 6.58 Å². The quantitative estimate of drug-likeness (QED) is 0.729. The molecule has 0 radical (unpaired) electrons. The van der Waals surface area contributed by atoms with Gasteiger partial charge in [0.05, 0.1) is 12.2 Å². The largest absolute Gasteiger partial charge is 0.392 e. The van der Waals surface area contributed by atoms with Gasteiger partial charge >= 0.3 is 0 Å². The fourth-order valence-corrected chi connectivity index (χ4v) is 6.37. The van der Waals surface area contributed by atoms with E-state index in [1.165, 1.54) is 0 Å². The molecule has 0 spiro atoms. The van der Waals surface area contributed by atoms with Crippen LogP contribution in [0.25, 0.3) is 0 Å². The number of Topliss-reactive ketones (excluding diaryl/α,β-unsaturated/α-hetero) is 1. The average Bonchev–Trinajstić information content (AvgIpc) is 2.87. The number of aliphatic hydroxyl groups is 2. The summed E-state index contributed by atoms with van der Waals surface area (Å²) < 4.78 is 0. The van der Waals surface area contributed by atoms with Crippen LogP contribution in [0.5, 0.6) is 0 Å². The Balaban J connectivity index is 2.21. The molecule has 2 N–H and O–H groups in total. The average molecular weight is 320 g/mol. The maximum absolute atomic E-state index is 12.8. The first kappa shape index (κ1) is 17.2. The lowest BCUT2D eigenvalue weighted by Crippen LogP contribution is -2.62. The third kappa shape index (κ3) is 1.99. The summed E-state index contributed by atoms with van der Waals surface area (Å²) in [5, 5.41) is 22.3. The lowest BCUT2D eigenvalue weighted by atomic mass is 9.44. The summed E-state index contributed by atoms with van der Waals surface area (Å²) in [4.78, 5) is 12.8. The Morgan fingerprint density at radius 2 is 1.87 bits per heavy atom. The molecule has 2 bridgehead atoms. The van der Waals surface area contributed by atoms with E-state index in [9.17, 15) is 15.0 Å². The number of rotatable bonds is 1. The number of carbonyl (C=O) groups is 1. The first-order valence-corrected chi connectivity index (χ1v) is 9.16. The van der Waals surface area contributed by atoms with Crippen LogP contribution >= 0.6 is 0 Å². The smallest absolute Gasteiger partial charge is 0.137 e. The topological polar surface area (TPSA) is 57.5 Å². The summed E-state index contributed by atoms with van der Waals surface area (Å²) in [7, 11) is 0. The van der Waals surface area contributed by atoms with Crippen LogP contribution in [0.3, 0.4) is 0 Å². The number of hydrogen-bond donors (Lipinski definition) is 2. The molecule has 3 fully saturated rings. The van der Waals surface area contributed by atoms with Crippen molar-refractivity contribution >= 4 is 5.78 Å². The molecule has 0 aliphatic heterocycles. The van der Waals surface area contributed by atoms with E-state index in [4.69, 9.17) is 0 Å². The van der Waals surface area contributed by atoms with Crippen molar-refractivity contribution in [1.82, 2.24) is 0 Å². The van der Waals surface area contributed by atoms with Crippen molar-refractivity contribution in [3.63, 3.8) is 0 Å². The van der Waals surface area contributed by atoms with Gasteiger partial charge in [-0.3, -0.25) is 4.79 Å². The molecule has 3 aliphatic rings. The van der Waals surface area contributed by atoms with Gasteiger partial charge in [0.2, 0.25) is 0 Å². The van der Waals surface area contributed by atoms with Crippen molar-refractivity contribution in [2.45, 2.75) is 72.0 Å². The molecular formula is C20H32O3. The summed E-state index contributed by atoms with van der Waals surface area (Å²) >= 11 is 0. The van der Waals surface area contributed by atoms with Gasteiger partial charge in [0.15, 0.2) is 0 Å². The van der Waals surface area contributed by atoms with Crippen molar-refractivity contribution < 1.29 is 15.0 Å². The van der Waals surface area contributed by atoms with Gasteiger partial charge < -0.3 is 10.2 Å². The highest BCUT2D eigenvalue weighted by Crippen LogP contribution is 2.67. The van der Waals surface area contributed by atoms with E-state index in [1.54, 1.807) is 0 Å². The molecule has 8 atom stereocenters. The third-order valence-corrected chi connectivity index (χ3v) is 8.33. The minimum absolute atomic E-state index is 0.0428. The molecule has 0 aromatic rings. The zero-order valence-corrected chi connectivity index (χ0v) is 15.0. The number of carbonyl (C=O) groups excluding carboxylic acids is 1. The molecule has 23 heavy (non-hydrogen) atoms. The summed E-state index contributed by atoms with van der Waals surface area (Å²) in [6.07, 6.45) is 4.60. The van der Waals surface area contributed by atoms with Gasteiger partial charge in [0.25, 0.3) is 0 Å². The molecule has 3 aliphatic carbocycles. The van der Waals surface area contributed by atoms with Crippen molar-refractivity contribution in [2.24, 2.45) is 34.0 Å². The second-order valence-corrected chi connectivity index (χ2v) is 9.10. The summed E-state index contributed by atoms with van der Waals surface area (Å²) in [6, 6.07) is 0. The van der Waals surface area contributed by atoms with Crippen molar-refractivity contribution in [3.05, 3.63) is 12.7 Å². The Hall–Kier alpha value is -0.670. The monoisotopic (exact) mass is 320 g/mol. The van der Waals surface area contributed by atoms with E-state index in [-0.39, 0.29) is 17.3 Å². The van der Waals surface area contributed by atoms with Crippen LogP contribution in [0.15, 0.2) is 12.7 Å². The molecule has 0 saturated heterocycles. The minimum atomic E-state index is -0.589. The van der Waals surface area contributed by atoms with Crippen molar-refractivity contribution in [3.8, 4) is 0 Å². The first-order chi connectivity index (χ1) is 10.6. The maximum atomic E-state index is 12.8. The Morgan fingerprint density at radius 1 is 1.22 bits per heavy atom. The van der Waals surface area contributed by atoms with Crippen molar-refractivity contribution in [2.75, 3.05) is 0 Å². The molecule has 1 unspecified atom stereocenters. The zero-order valence-electron chi connectivity index (χ0n) is 15.0. The highest BCUT2D eigenvalue weighted by Gasteiger charge is 2.67.